The Hall–Kier alpha value is -1.89. The first-order valence-electron chi connectivity index (χ1n) is 6.58. The molecule has 1 unspecified atom stereocenters. The van der Waals surface area contributed by atoms with Gasteiger partial charge in [-0.05, 0) is 19.8 Å². The van der Waals surface area contributed by atoms with Crippen molar-refractivity contribution in [2.75, 3.05) is 19.0 Å². The third kappa shape index (κ3) is 4.56. The summed E-state index contributed by atoms with van der Waals surface area (Å²) in [5.74, 6) is -1.82. The van der Waals surface area contributed by atoms with Crippen LogP contribution in [0.5, 0.6) is 5.75 Å². The second-order valence-corrected chi connectivity index (χ2v) is 4.93. The fraction of sp³-hybridized carbons (Fsp3) is 0.500. The number of rotatable bonds is 6. The van der Waals surface area contributed by atoms with Crippen molar-refractivity contribution in [1.82, 2.24) is 5.32 Å². The number of methoxy groups -OCH3 is 1. The van der Waals surface area contributed by atoms with Crippen molar-refractivity contribution in [1.29, 1.82) is 0 Å². The van der Waals surface area contributed by atoms with E-state index in [9.17, 15) is 13.6 Å². The molecule has 0 aromatic heterocycles. The Morgan fingerprint density at radius 3 is 2.57 bits per heavy atom. The monoisotopic (exact) mass is 302 g/mol. The lowest BCUT2D eigenvalue weighted by Crippen LogP contribution is -2.48. The summed E-state index contributed by atoms with van der Waals surface area (Å²) in [4.78, 5) is 11.9. The quantitative estimate of drug-likeness (QED) is 0.756. The van der Waals surface area contributed by atoms with Gasteiger partial charge in [0.15, 0.2) is 17.4 Å². The number of aliphatic hydroxyl groups excluding tert-OH is 1. The molecule has 21 heavy (non-hydrogen) atoms. The van der Waals surface area contributed by atoms with Crippen LogP contribution >= 0.6 is 0 Å². The number of halogens is 2. The summed E-state index contributed by atoms with van der Waals surface area (Å²) in [6.45, 7) is 3.52. The van der Waals surface area contributed by atoms with E-state index in [-0.39, 0.29) is 18.0 Å². The highest BCUT2D eigenvalue weighted by atomic mass is 19.1. The predicted molar refractivity (Wildman–Crippen MR) is 75.5 cm³/mol. The average Bonchev–Trinajstić information content (AvgIpc) is 2.42. The molecule has 3 N–H and O–H groups in total. The normalized spacial score (nSPS) is 13.4. The van der Waals surface area contributed by atoms with Crippen molar-refractivity contribution in [3.8, 4) is 5.75 Å². The molecule has 0 bridgehead atoms. The van der Waals surface area contributed by atoms with E-state index in [1.807, 2.05) is 6.92 Å². The fourth-order valence-corrected chi connectivity index (χ4v) is 1.78. The van der Waals surface area contributed by atoms with E-state index in [0.717, 1.165) is 12.1 Å². The van der Waals surface area contributed by atoms with Gasteiger partial charge in [0, 0.05) is 24.3 Å². The van der Waals surface area contributed by atoms with Crippen molar-refractivity contribution in [2.24, 2.45) is 0 Å². The minimum Gasteiger partial charge on any atom is -0.494 e. The van der Waals surface area contributed by atoms with Gasteiger partial charge in [-0.3, -0.25) is 0 Å². The molecular weight excluding hydrogens is 282 g/mol. The second kappa shape index (κ2) is 7.21. The van der Waals surface area contributed by atoms with E-state index >= 15 is 0 Å². The zero-order valence-electron chi connectivity index (χ0n) is 12.3. The van der Waals surface area contributed by atoms with E-state index < -0.39 is 23.2 Å². The molecule has 0 saturated heterocycles. The number of carbonyl (C=O) groups excluding carboxylic acids is 1. The maximum atomic E-state index is 13.7. The van der Waals surface area contributed by atoms with E-state index in [1.54, 1.807) is 6.92 Å². The van der Waals surface area contributed by atoms with E-state index in [0.29, 0.717) is 12.8 Å². The molecule has 1 aromatic carbocycles. The van der Waals surface area contributed by atoms with E-state index in [4.69, 9.17) is 5.11 Å². The molecule has 0 spiro atoms. The van der Waals surface area contributed by atoms with Gasteiger partial charge < -0.3 is 20.5 Å². The van der Waals surface area contributed by atoms with Crippen LogP contribution in [0.1, 0.15) is 26.7 Å². The predicted octanol–water partition coefficient (Wildman–Crippen LogP) is 2.65. The molecule has 7 heteroatoms. The Balaban J connectivity index is 2.82. The van der Waals surface area contributed by atoms with Crippen LogP contribution in [0.25, 0.3) is 0 Å². The van der Waals surface area contributed by atoms with E-state index in [2.05, 4.69) is 15.4 Å². The van der Waals surface area contributed by atoms with Crippen LogP contribution in [0.3, 0.4) is 0 Å². The van der Waals surface area contributed by atoms with Gasteiger partial charge in [0.2, 0.25) is 0 Å². The number of hydrogen-bond donors (Lipinski definition) is 3. The van der Waals surface area contributed by atoms with Crippen LogP contribution in [0.2, 0.25) is 0 Å². The lowest BCUT2D eigenvalue weighted by molar-refractivity contribution is 0.208. The van der Waals surface area contributed by atoms with Gasteiger partial charge in [0.1, 0.15) is 0 Å². The number of benzene rings is 1. The summed E-state index contributed by atoms with van der Waals surface area (Å²) in [6.07, 6.45) is 0.941. The molecule has 0 aliphatic carbocycles. The Labute approximate surface area is 122 Å². The van der Waals surface area contributed by atoms with Gasteiger partial charge >= 0.3 is 6.03 Å². The first-order chi connectivity index (χ1) is 9.85. The van der Waals surface area contributed by atoms with Gasteiger partial charge in [-0.2, -0.15) is 0 Å². The first-order valence-corrected chi connectivity index (χ1v) is 6.58. The molecule has 2 amide bonds. The number of aliphatic hydroxyl groups is 1. The molecule has 0 fully saturated rings. The van der Waals surface area contributed by atoms with Gasteiger partial charge in [-0.1, -0.05) is 6.92 Å². The molecule has 1 aromatic rings. The van der Waals surface area contributed by atoms with Gasteiger partial charge in [-0.15, -0.1) is 0 Å². The summed E-state index contributed by atoms with van der Waals surface area (Å²) in [7, 11) is 1.22. The zero-order valence-corrected chi connectivity index (χ0v) is 12.3. The molecule has 0 aliphatic rings. The lowest BCUT2D eigenvalue weighted by Gasteiger charge is -2.29. The smallest absolute Gasteiger partial charge is 0.319 e. The molecule has 0 aliphatic heterocycles. The van der Waals surface area contributed by atoms with Crippen molar-refractivity contribution >= 4 is 11.7 Å². The van der Waals surface area contributed by atoms with E-state index in [1.165, 1.54) is 7.11 Å². The first kappa shape index (κ1) is 17.2. The summed E-state index contributed by atoms with van der Waals surface area (Å²) < 4.78 is 31.9. The number of amides is 2. The standard InChI is InChI=1S/C14H20F2N2O3/c1-4-14(2,5-6-19)18-13(20)17-11-7-10(16)12(21-3)8-9(11)15/h7-8,19H,4-6H2,1-3H3,(H2,17,18,20). The van der Waals surface area contributed by atoms with Crippen LogP contribution < -0.4 is 15.4 Å². The molecule has 0 heterocycles. The highest BCUT2D eigenvalue weighted by molar-refractivity contribution is 5.90. The number of carbonyl (C=O) groups is 1. The van der Waals surface area contributed by atoms with Gasteiger partial charge in [0.05, 0.1) is 12.8 Å². The number of urea groups is 1. The number of hydrogen-bond acceptors (Lipinski definition) is 3. The Morgan fingerprint density at radius 2 is 2.05 bits per heavy atom. The maximum absolute atomic E-state index is 13.7. The van der Waals surface area contributed by atoms with Crippen molar-refractivity contribution in [3.63, 3.8) is 0 Å². The third-order valence-electron chi connectivity index (χ3n) is 3.35. The van der Waals surface area contributed by atoms with Crippen LogP contribution in [0.15, 0.2) is 12.1 Å². The number of anilines is 1. The molecule has 1 rings (SSSR count). The second-order valence-electron chi connectivity index (χ2n) is 4.93. The minimum atomic E-state index is -0.802. The fourth-order valence-electron chi connectivity index (χ4n) is 1.78. The largest absolute Gasteiger partial charge is 0.494 e. The maximum Gasteiger partial charge on any atom is 0.319 e. The molecule has 0 saturated carbocycles. The number of nitrogens with one attached hydrogen (secondary N) is 2. The van der Waals surface area contributed by atoms with Crippen molar-refractivity contribution in [2.45, 2.75) is 32.2 Å². The zero-order chi connectivity index (χ0) is 16.0. The summed E-state index contributed by atoms with van der Waals surface area (Å²) >= 11 is 0. The van der Waals surface area contributed by atoms with Crippen molar-refractivity contribution in [3.05, 3.63) is 23.8 Å². The van der Waals surface area contributed by atoms with Crippen molar-refractivity contribution < 1.29 is 23.4 Å². The highest BCUT2D eigenvalue weighted by Crippen LogP contribution is 2.24. The molecule has 5 nitrogen and oxygen atoms in total. The summed E-state index contributed by atoms with van der Waals surface area (Å²) in [6, 6.07) is 1.04. The Bertz CT molecular complexity index is 511. The highest BCUT2D eigenvalue weighted by Gasteiger charge is 2.24. The summed E-state index contributed by atoms with van der Waals surface area (Å²) in [5.41, 5.74) is -0.909. The average molecular weight is 302 g/mol. The van der Waals surface area contributed by atoms with Crippen LogP contribution in [0, 0.1) is 11.6 Å². The summed E-state index contributed by atoms with van der Waals surface area (Å²) in [5, 5.41) is 13.9. The van der Waals surface area contributed by atoms with Crippen LogP contribution in [0.4, 0.5) is 19.3 Å². The van der Waals surface area contributed by atoms with Gasteiger partial charge in [0.25, 0.3) is 0 Å². The molecular formula is C14H20F2N2O3. The Kier molecular flexibility index (Phi) is 5.90. The lowest BCUT2D eigenvalue weighted by atomic mass is 9.95. The minimum absolute atomic E-state index is 0.0872. The SMILES string of the molecule is CCC(C)(CCO)NC(=O)Nc1cc(F)c(OC)cc1F. The van der Waals surface area contributed by atoms with Gasteiger partial charge in [-0.25, -0.2) is 13.6 Å². The molecule has 0 radical (unpaired) electrons. The Morgan fingerprint density at radius 1 is 1.38 bits per heavy atom. The third-order valence-corrected chi connectivity index (χ3v) is 3.35. The molecule has 1 atom stereocenters. The van der Waals surface area contributed by atoms with Crippen LogP contribution in [-0.4, -0.2) is 30.4 Å². The molecule has 118 valence electrons. The topological polar surface area (TPSA) is 70.6 Å². The number of ether oxygens (including phenoxy) is 1. The van der Waals surface area contributed by atoms with Crippen LogP contribution in [-0.2, 0) is 0 Å².